The third kappa shape index (κ3) is 2.05. The van der Waals surface area contributed by atoms with Crippen LogP contribution in [0.25, 0.3) is 0 Å². The standard InChI is InChI=1S/C13H19N3OS/c1-15-5-4-14-13(15)12(10-2-3-10)16-7-9(8-18)6-11(16)17/h4-5,9-10,12,18H,2-3,6-8H2,1H3. The van der Waals surface area contributed by atoms with Crippen molar-refractivity contribution in [2.75, 3.05) is 12.3 Å². The van der Waals surface area contributed by atoms with E-state index in [0.29, 0.717) is 18.3 Å². The first-order chi connectivity index (χ1) is 8.70. The highest BCUT2D eigenvalue weighted by Gasteiger charge is 2.43. The van der Waals surface area contributed by atoms with Gasteiger partial charge in [0.15, 0.2) is 0 Å². The number of thiol groups is 1. The van der Waals surface area contributed by atoms with Gasteiger partial charge in [-0.15, -0.1) is 0 Å². The summed E-state index contributed by atoms with van der Waals surface area (Å²) < 4.78 is 2.05. The van der Waals surface area contributed by atoms with E-state index < -0.39 is 0 Å². The van der Waals surface area contributed by atoms with Gasteiger partial charge in [0, 0.05) is 32.4 Å². The Morgan fingerprint density at radius 1 is 1.56 bits per heavy atom. The minimum absolute atomic E-state index is 0.183. The topological polar surface area (TPSA) is 38.1 Å². The Balaban J connectivity index is 1.87. The maximum atomic E-state index is 12.2. The summed E-state index contributed by atoms with van der Waals surface area (Å²) in [6, 6.07) is 0.183. The van der Waals surface area contributed by atoms with E-state index in [-0.39, 0.29) is 11.9 Å². The third-order valence-corrected chi connectivity index (χ3v) is 4.54. The van der Waals surface area contributed by atoms with Crippen LogP contribution in [0.3, 0.4) is 0 Å². The van der Waals surface area contributed by atoms with Gasteiger partial charge in [-0.25, -0.2) is 4.98 Å². The van der Waals surface area contributed by atoms with Crippen molar-refractivity contribution < 1.29 is 4.79 Å². The van der Waals surface area contributed by atoms with E-state index in [9.17, 15) is 4.79 Å². The Labute approximate surface area is 113 Å². The zero-order valence-electron chi connectivity index (χ0n) is 10.6. The number of carbonyl (C=O) groups is 1. The van der Waals surface area contributed by atoms with E-state index >= 15 is 0 Å². The van der Waals surface area contributed by atoms with Gasteiger partial charge in [0.1, 0.15) is 5.82 Å². The number of rotatable bonds is 4. The molecular weight excluding hydrogens is 246 g/mol. The van der Waals surface area contributed by atoms with Gasteiger partial charge >= 0.3 is 0 Å². The van der Waals surface area contributed by atoms with E-state index in [1.54, 1.807) is 0 Å². The normalized spacial score (nSPS) is 25.8. The molecule has 1 saturated heterocycles. The van der Waals surface area contributed by atoms with Crippen LogP contribution in [0.4, 0.5) is 0 Å². The SMILES string of the molecule is Cn1ccnc1C(C1CC1)N1CC(CS)CC1=O. The summed E-state index contributed by atoms with van der Waals surface area (Å²) in [7, 11) is 2.01. The predicted molar refractivity (Wildman–Crippen MR) is 72.3 cm³/mol. The number of likely N-dealkylation sites (tertiary alicyclic amines) is 1. The molecule has 1 aromatic rings. The molecule has 1 saturated carbocycles. The van der Waals surface area contributed by atoms with Crippen molar-refractivity contribution in [3.8, 4) is 0 Å². The van der Waals surface area contributed by atoms with Crippen molar-refractivity contribution >= 4 is 18.5 Å². The monoisotopic (exact) mass is 265 g/mol. The van der Waals surface area contributed by atoms with Crippen LogP contribution in [0.2, 0.25) is 0 Å². The smallest absolute Gasteiger partial charge is 0.223 e. The van der Waals surface area contributed by atoms with Crippen LogP contribution in [0.15, 0.2) is 12.4 Å². The second-order valence-corrected chi connectivity index (χ2v) is 5.84. The summed E-state index contributed by atoms with van der Waals surface area (Å²) in [6.45, 7) is 0.844. The summed E-state index contributed by atoms with van der Waals surface area (Å²) in [4.78, 5) is 18.7. The average Bonchev–Trinajstić information content (AvgIpc) is 3.00. The van der Waals surface area contributed by atoms with Crippen molar-refractivity contribution in [3.63, 3.8) is 0 Å². The summed E-state index contributed by atoms with van der Waals surface area (Å²) in [5, 5.41) is 0. The van der Waals surface area contributed by atoms with Gasteiger partial charge in [-0.3, -0.25) is 4.79 Å². The molecule has 1 amide bonds. The number of hydrogen-bond donors (Lipinski definition) is 1. The van der Waals surface area contributed by atoms with E-state index in [4.69, 9.17) is 0 Å². The first-order valence-corrected chi connectivity index (χ1v) is 7.21. The summed E-state index contributed by atoms with van der Waals surface area (Å²) >= 11 is 4.33. The van der Waals surface area contributed by atoms with Crippen molar-refractivity contribution in [3.05, 3.63) is 18.2 Å². The van der Waals surface area contributed by atoms with Crippen molar-refractivity contribution in [1.82, 2.24) is 14.5 Å². The molecule has 2 aliphatic rings. The molecule has 0 N–H and O–H groups in total. The molecule has 4 nitrogen and oxygen atoms in total. The lowest BCUT2D eigenvalue weighted by atomic mass is 10.1. The van der Waals surface area contributed by atoms with Crippen LogP contribution < -0.4 is 0 Å². The Morgan fingerprint density at radius 2 is 2.33 bits per heavy atom. The molecular formula is C13H19N3OS. The van der Waals surface area contributed by atoms with Crippen LogP contribution in [0.1, 0.15) is 31.1 Å². The molecule has 0 radical (unpaired) electrons. The quantitative estimate of drug-likeness (QED) is 0.841. The van der Waals surface area contributed by atoms with E-state index in [1.165, 1.54) is 12.8 Å². The number of carbonyl (C=O) groups excluding carboxylic acids is 1. The molecule has 0 aromatic carbocycles. The van der Waals surface area contributed by atoms with Crippen LogP contribution in [-0.2, 0) is 11.8 Å². The fourth-order valence-electron chi connectivity index (χ4n) is 2.88. The van der Waals surface area contributed by atoms with Gasteiger partial charge in [-0.2, -0.15) is 12.6 Å². The number of hydrogen-bond acceptors (Lipinski definition) is 3. The second-order valence-electron chi connectivity index (χ2n) is 5.48. The summed E-state index contributed by atoms with van der Waals surface area (Å²) in [5.74, 6) is 3.11. The molecule has 1 aromatic heterocycles. The lowest BCUT2D eigenvalue weighted by molar-refractivity contribution is -0.130. The van der Waals surface area contributed by atoms with E-state index in [0.717, 1.165) is 18.1 Å². The molecule has 3 rings (SSSR count). The molecule has 0 bridgehead atoms. The third-order valence-electron chi connectivity index (χ3n) is 4.02. The van der Waals surface area contributed by atoms with Crippen LogP contribution in [-0.4, -0.2) is 32.7 Å². The number of nitrogens with zero attached hydrogens (tertiary/aromatic N) is 3. The molecule has 2 atom stereocenters. The minimum atomic E-state index is 0.183. The molecule has 0 spiro atoms. The molecule has 98 valence electrons. The Bertz CT molecular complexity index is 455. The highest BCUT2D eigenvalue weighted by Crippen LogP contribution is 2.45. The average molecular weight is 265 g/mol. The first-order valence-electron chi connectivity index (χ1n) is 6.58. The highest BCUT2D eigenvalue weighted by atomic mass is 32.1. The first kappa shape index (κ1) is 12.1. The molecule has 1 aliphatic carbocycles. The van der Waals surface area contributed by atoms with Gasteiger partial charge in [0.05, 0.1) is 6.04 Å². The van der Waals surface area contributed by atoms with Crippen molar-refractivity contribution in [1.29, 1.82) is 0 Å². The molecule has 18 heavy (non-hydrogen) atoms. The lowest BCUT2D eigenvalue weighted by Gasteiger charge is -2.27. The predicted octanol–water partition coefficient (Wildman–Crippen LogP) is 1.65. The number of aromatic nitrogens is 2. The highest BCUT2D eigenvalue weighted by molar-refractivity contribution is 7.80. The molecule has 2 unspecified atom stereocenters. The van der Waals surface area contributed by atoms with Crippen LogP contribution in [0.5, 0.6) is 0 Å². The van der Waals surface area contributed by atoms with E-state index in [1.807, 2.05) is 28.9 Å². The maximum Gasteiger partial charge on any atom is 0.223 e. The van der Waals surface area contributed by atoms with E-state index in [2.05, 4.69) is 17.6 Å². The summed E-state index contributed by atoms with van der Waals surface area (Å²) in [6.07, 6.45) is 6.86. The zero-order valence-corrected chi connectivity index (χ0v) is 11.5. The molecule has 1 aliphatic heterocycles. The minimum Gasteiger partial charge on any atom is -0.336 e. The zero-order chi connectivity index (χ0) is 12.7. The number of aryl methyl sites for hydroxylation is 1. The number of amides is 1. The van der Waals surface area contributed by atoms with Crippen molar-refractivity contribution in [2.24, 2.45) is 18.9 Å². The molecule has 2 fully saturated rings. The lowest BCUT2D eigenvalue weighted by Crippen LogP contribution is -2.33. The Kier molecular flexibility index (Phi) is 3.09. The Morgan fingerprint density at radius 3 is 2.83 bits per heavy atom. The van der Waals surface area contributed by atoms with Gasteiger partial charge in [0.2, 0.25) is 5.91 Å². The maximum absolute atomic E-state index is 12.2. The van der Waals surface area contributed by atoms with Crippen molar-refractivity contribution in [2.45, 2.75) is 25.3 Å². The van der Waals surface area contributed by atoms with Gasteiger partial charge in [-0.1, -0.05) is 0 Å². The van der Waals surface area contributed by atoms with Gasteiger partial charge in [-0.05, 0) is 30.4 Å². The fourth-order valence-corrected chi connectivity index (χ4v) is 3.12. The van der Waals surface area contributed by atoms with Crippen LogP contribution >= 0.6 is 12.6 Å². The molecule has 5 heteroatoms. The van der Waals surface area contributed by atoms with Crippen LogP contribution in [0, 0.1) is 11.8 Å². The largest absolute Gasteiger partial charge is 0.336 e. The number of imidazole rings is 1. The van der Waals surface area contributed by atoms with Gasteiger partial charge in [0.25, 0.3) is 0 Å². The molecule has 2 heterocycles. The summed E-state index contributed by atoms with van der Waals surface area (Å²) in [5.41, 5.74) is 0. The Hall–Kier alpha value is -0.970. The van der Waals surface area contributed by atoms with Gasteiger partial charge < -0.3 is 9.47 Å². The second kappa shape index (κ2) is 4.61. The fraction of sp³-hybridized carbons (Fsp3) is 0.692.